The summed E-state index contributed by atoms with van der Waals surface area (Å²) in [6, 6.07) is 10.8. The molecule has 4 heterocycles. The first kappa shape index (κ1) is 21.6. The quantitative estimate of drug-likeness (QED) is 0.330. The van der Waals surface area contributed by atoms with E-state index in [1.54, 1.807) is 13.0 Å². The molecule has 10 nitrogen and oxygen atoms in total. The first-order valence-corrected chi connectivity index (χ1v) is 11.0. The minimum atomic E-state index is -0.428. The molecule has 172 valence electrons. The predicted molar refractivity (Wildman–Crippen MR) is 124 cm³/mol. The van der Waals surface area contributed by atoms with Crippen molar-refractivity contribution in [2.24, 2.45) is 5.16 Å². The average Bonchev–Trinajstić information content (AvgIpc) is 3.44. The van der Waals surface area contributed by atoms with Crippen LogP contribution in [0.4, 0.5) is 11.5 Å². The van der Waals surface area contributed by atoms with Crippen LogP contribution in [-0.2, 0) is 4.84 Å². The molecule has 2 aliphatic heterocycles. The molecule has 1 spiro atoms. The Bertz CT molecular complexity index is 1340. The van der Waals surface area contributed by atoms with Gasteiger partial charge in [-0.25, -0.2) is 4.98 Å². The Kier molecular flexibility index (Phi) is 5.45. The maximum Gasteiger partial charge on any atom is 0.311 e. The molecule has 10 heteroatoms. The highest BCUT2D eigenvalue weighted by molar-refractivity contribution is 6.02. The normalized spacial score (nSPS) is 16.5. The molecule has 5 rings (SSSR count). The van der Waals surface area contributed by atoms with Crippen LogP contribution in [0, 0.1) is 35.8 Å². The molecule has 1 aromatic carbocycles. The highest BCUT2D eigenvalue weighted by Crippen LogP contribution is 2.37. The van der Waals surface area contributed by atoms with E-state index in [4.69, 9.17) is 9.36 Å². The molecule has 0 atom stereocenters. The van der Waals surface area contributed by atoms with Gasteiger partial charge in [-0.15, -0.1) is 0 Å². The number of piperidine rings is 1. The molecule has 3 aromatic rings. The SMILES string of the molecule is Cc1ccc([N+](=O)[O-])c(N2CCC3(CC2)CC(C#Cc2cccc(-c4nc(C)no4)c2)=NO3)n1. The fourth-order valence-electron chi connectivity index (χ4n) is 4.18. The van der Waals surface area contributed by atoms with Gasteiger partial charge >= 0.3 is 5.69 Å². The zero-order valence-corrected chi connectivity index (χ0v) is 18.8. The minimum Gasteiger partial charge on any atom is -0.388 e. The Balaban J connectivity index is 1.25. The Morgan fingerprint density at radius 3 is 2.68 bits per heavy atom. The summed E-state index contributed by atoms with van der Waals surface area (Å²) in [7, 11) is 0. The van der Waals surface area contributed by atoms with E-state index in [9.17, 15) is 10.1 Å². The number of hydrogen-bond acceptors (Lipinski definition) is 9. The van der Waals surface area contributed by atoms with Crippen molar-refractivity contribution in [3.05, 3.63) is 63.6 Å². The van der Waals surface area contributed by atoms with Gasteiger partial charge in [0.2, 0.25) is 5.82 Å². The smallest absolute Gasteiger partial charge is 0.311 e. The van der Waals surface area contributed by atoms with Crippen molar-refractivity contribution < 1.29 is 14.3 Å². The van der Waals surface area contributed by atoms with Crippen LogP contribution in [0.2, 0.25) is 0 Å². The van der Waals surface area contributed by atoms with Crippen LogP contribution in [0.5, 0.6) is 0 Å². The van der Waals surface area contributed by atoms with Crippen molar-refractivity contribution in [2.45, 2.75) is 38.7 Å². The van der Waals surface area contributed by atoms with Gasteiger partial charge in [-0.1, -0.05) is 22.3 Å². The van der Waals surface area contributed by atoms with Crippen LogP contribution in [0.1, 0.15) is 36.3 Å². The van der Waals surface area contributed by atoms with Crippen molar-refractivity contribution in [1.29, 1.82) is 0 Å². The predicted octanol–water partition coefficient (Wildman–Crippen LogP) is 3.82. The largest absolute Gasteiger partial charge is 0.388 e. The minimum absolute atomic E-state index is 0.0228. The molecule has 2 aliphatic rings. The van der Waals surface area contributed by atoms with Gasteiger partial charge in [0.15, 0.2) is 5.82 Å². The standard InChI is InChI=1S/C24H22N6O4/c1-16-6-9-21(30(31)32)22(25-16)29-12-10-24(11-13-29)15-20(28-34-24)8-7-18-4-3-5-19(14-18)23-26-17(2)27-33-23/h3-6,9,14H,10-13,15H2,1-2H3. The number of anilines is 1. The summed E-state index contributed by atoms with van der Waals surface area (Å²) in [5.74, 6) is 7.71. The maximum absolute atomic E-state index is 11.4. The zero-order chi connectivity index (χ0) is 23.7. The molecule has 0 radical (unpaired) electrons. The Morgan fingerprint density at radius 1 is 1.12 bits per heavy atom. The zero-order valence-electron chi connectivity index (χ0n) is 18.8. The number of rotatable bonds is 3. The van der Waals surface area contributed by atoms with E-state index in [1.165, 1.54) is 6.07 Å². The number of aryl methyl sites for hydroxylation is 2. The number of oxime groups is 1. The summed E-state index contributed by atoms with van der Waals surface area (Å²) in [6.45, 7) is 4.79. The average molecular weight is 458 g/mol. The summed E-state index contributed by atoms with van der Waals surface area (Å²) < 4.78 is 5.23. The lowest BCUT2D eigenvalue weighted by atomic mass is 9.87. The molecule has 0 N–H and O–H groups in total. The monoisotopic (exact) mass is 458 g/mol. The summed E-state index contributed by atoms with van der Waals surface area (Å²) in [6.07, 6.45) is 1.97. The number of benzene rings is 1. The summed E-state index contributed by atoms with van der Waals surface area (Å²) >= 11 is 0. The Labute approximate surface area is 195 Å². The second kappa shape index (κ2) is 8.59. The van der Waals surface area contributed by atoms with Crippen molar-refractivity contribution in [3.8, 4) is 23.3 Å². The van der Waals surface area contributed by atoms with Crippen molar-refractivity contribution in [1.82, 2.24) is 15.1 Å². The molecule has 1 fully saturated rings. The lowest BCUT2D eigenvalue weighted by molar-refractivity contribution is -0.384. The maximum atomic E-state index is 11.4. The van der Waals surface area contributed by atoms with Gasteiger partial charge in [0.1, 0.15) is 11.3 Å². The van der Waals surface area contributed by atoms with E-state index < -0.39 is 5.60 Å². The van der Waals surface area contributed by atoms with E-state index >= 15 is 0 Å². The Morgan fingerprint density at radius 2 is 1.94 bits per heavy atom. The van der Waals surface area contributed by atoms with Crippen LogP contribution in [-0.4, -0.2) is 44.5 Å². The van der Waals surface area contributed by atoms with Gasteiger partial charge in [-0.2, -0.15) is 4.98 Å². The lowest BCUT2D eigenvalue weighted by Gasteiger charge is -2.37. The molecule has 0 aliphatic carbocycles. The third kappa shape index (κ3) is 4.32. The number of pyridine rings is 1. The van der Waals surface area contributed by atoms with E-state index in [2.05, 4.69) is 32.1 Å². The van der Waals surface area contributed by atoms with Gasteiger partial charge < -0.3 is 14.3 Å². The summed E-state index contributed by atoms with van der Waals surface area (Å²) in [5.41, 5.74) is 2.64. The topological polar surface area (TPSA) is 120 Å². The highest BCUT2D eigenvalue weighted by atomic mass is 16.7. The molecular formula is C24H22N6O4. The lowest BCUT2D eigenvalue weighted by Crippen LogP contribution is -2.45. The van der Waals surface area contributed by atoms with Gasteiger partial charge in [0, 0.05) is 55.2 Å². The first-order chi connectivity index (χ1) is 16.4. The summed E-state index contributed by atoms with van der Waals surface area (Å²) in [5, 5.41) is 19.5. The molecule has 0 bridgehead atoms. The molecule has 0 unspecified atom stereocenters. The van der Waals surface area contributed by atoms with Gasteiger partial charge in [0.25, 0.3) is 5.89 Å². The molecule has 34 heavy (non-hydrogen) atoms. The molecule has 0 amide bonds. The van der Waals surface area contributed by atoms with E-state index in [1.807, 2.05) is 36.1 Å². The van der Waals surface area contributed by atoms with Gasteiger partial charge in [0.05, 0.1) is 4.92 Å². The number of nitro groups is 1. The summed E-state index contributed by atoms with van der Waals surface area (Å²) in [4.78, 5) is 27.5. The third-order valence-corrected chi connectivity index (χ3v) is 5.99. The number of hydrogen-bond donors (Lipinski definition) is 0. The fourth-order valence-corrected chi connectivity index (χ4v) is 4.18. The van der Waals surface area contributed by atoms with Crippen LogP contribution in [0.15, 0.2) is 46.1 Å². The molecule has 0 saturated carbocycles. The molecular weight excluding hydrogens is 436 g/mol. The van der Waals surface area contributed by atoms with Crippen molar-refractivity contribution in [2.75, 3.05) is 18.0 Å². The van der Waals surface area contributed by atoms with Crippen molar-refractivity contribution >= 4 is 17.2 Å². The Hall–Kier alpha value is -4.26. The highest BCUT2D eigenvalue weighted by Gasteiger charge is 2.42. The third-order valence-electron chi connectivity index (χ3n) is 5.99. The van der Waals surface area contributed by atoms with Crippen LogP contribution >= 0.6 is 0 Å². The molecule has 1 saturated heterocycles. The van der Waals surface area contributed by atoms with E-state index in [-0.39, 0.29) is 10.6 Å². The van der Waals surface area contributed by atoms with E-state index in [0.29, 0.717) is 55.6 Å². The van der Waals surface area contributed by atoms with Crippen LogP contribution in [0.3, 0.4) is 0 Å². The van der Waals surface area contributed by atoms with Crippen LogP contribution < -0.4 is 4.90 Å². The van der Waals surface area contributed by atoms with Gasteiger partial charge in [-0.3, -0.25) is 10.1 Å². The van der Waals surface area contributed by atoms with Crippen molar-refractivity contribution in [3.63, 3.8) is 0 Å². The molecule has 2 aromatic heterocycles. The van der Waals surface area contributed by atoms with E-state index in [0.717, 1.165) is 16.8 Å². The second-order valence-corrected chi connectivity index (χ2v) is 8.51. The number of nitrogens with zero attached hydrogens (tertiary/aromatic N) is 6. The van der Waals surface area contributed by atoms with Crippen LogP contribution in [0.25, 0.3) is 11.5 Å². The number of aromatic nitrogens is 3. The first-order valence-electron chi connectivity index (χ1n) is 11.0. The van der Waals surface area contributed by atoms with Gasteiger partial charge in [-0.05, 0) is 44.0 Å². The second-order valence-electron chi connectivity index (χ2n) is 8.51. The fraction of sp³-hybridized carbons (Fsp3) is 0.333.